The van der Waals surface area contributed by atoms with Gasteiger partial charge >= 0.3 is 0 Å². The Kier molecular flexibility index (Phi) is 4.12. The molecule has 0 aliphatic carbocycles. The highest BCUT2D eigenvalue weighted by atomic mass is 16.6. The smallest absolute Gasteiger partial charge is 0.165 e. The second-order valence-electron chi connectivity index (χ2n) is 6.62. The summed E-state index contributed by atoms with van der Waals surface area (Å²) in [6.07, 6.45) is 3.69. The maximum atomic E-state index is 5.85. The average Bonchev–Trinajstić information content (AvgIpc) is 3.24. The Morgan fingerprint density at radius 2 is 2.08 bits per heavy atom. The lowest BCUT2D eigenvalue weighted by Crippen LogP contribution is -2.36. The third-order valence-electron chi connectivity index (χ3n) is 4.82. The lowest BCUT2D eigenvalue weighted by molar-refractivity contribution is 0.167. The van der Waals surface area contributed by atoms with Crippen LogP contribution in [0.25, 0.3) is 0 Å². The van der Waals surface area contributed by atoms with Gasteiger partial charge in [-0.15, -0.1) is 5.10 Å². The number of ether oxygens (including phenoxy) is 2. The van der Waals surface area contributed by atoms with Gasteiger partial charge in [0, 0.05) is 37.4 Å². The quantitative estimate of drug-likeness (QED) is 0.835. The molecule has 0 spiro atoms. The summed E-state index contributed by atoms with van der Waals surface area (Å²) in [7, 11) is 4.25. The van der Waals surface area contributed by atoms with E-state index in [0.29, 0.717) is 25.3 Å². The van der Waals surface area contributed by atoms with Gasteiger partial charge in [-0.3, -0.25) is 4.90 Å². The molecule has 2 aliphatic heterocycles. The Hall–Kier alpha value is -2.12. The van der Waals surface area contributed by atoms with Crippen molar-refractivity contribution in [2.75, 3.05) is 40.4 Å². The Balaban J connectivity index is 1.54. The number of nitrogens with zero attached hydrogens (tertiary/aromatic N) is 5. The molecule has 1 saturated heterocycles. The largest absolute Gasteiger partial charge is 0.486 e. The fourth-order valence-electron chi connectivity index (χ4n) is 3.64. The molecule has 0 bridgehead atoms. The Morgan fingerprint density at radius 1 is 1.21 bits per heavy atom. The van der Waals surface area contributed by atoms with Gasteiger partial charge in [0.25, 0.3) is 0 Å². The molecule has 2 aliphatic rings. The van der Waals surface area contributed by atoms with Gasteiger partial charge in [-0.25, -0.2) is 4.68 Å². The van der Waals surface area contributed by atoms with E-state index in [4.69, 9.17) is 9.47 Å². The van der Waals surface area contributed by atoms with Crippen molar-refractivity contribution in [1.82, 2.24) is 24.8 Å². The van der Waals surface area contributed by atoms with Crippen LogP contribution >= 0.6 is 0 Å². The molecule has 4 rings (SSSR count). The molecular formula is C17H23N5O2. The predicted molar refractivity (Wildman–Crippen MR) is 89.2 cm³/mol. The fourth-order valence-corrected chi connectivity index (χ4v) is 3.64. The summed E-state index contributed by atoms with van der Waals surface area (Å²) in [5, 5.41) is 8.18. The molecule has 0 radical (unpaired) electrons. The first-order valence-corrected chi connectivity index (χ1v) is 8.34. The number of likely N-dealkylation sites (tertiary alicyclic amines) is 1. The third kappa shape index (κ3) is 2.85. The van der Waals surface area contributed by atoms with Crippen LogP contribution in [0.2, 0.25) is 0 Å². The van der Waals surface area contributed by atoms with Crippen LogP contribution in [0.3, 0.4) is 0 Å². The number of aromatic nitrogens is 3. The molecule has 2 aromatic rings. The highest BCUT2D eigenvalue weighted by molar-refractivity contribution is 5.47. The van der Waals surface area contributed by atoms with Gasteiger partial charge < -0.3 is 14.4 Å². The first kappa shape index (κ1) is 15.4. The van der Waals surface area contributed by atoms with E-state index in [1.54, 1.807) is 6.20 Å². The second kappa shape index (κ2) is 6.41. The normalized spacial score (nSPS) is 23.8. The number of rotatable bonds is 4. The van der Waals surface area contributed by atoms with E-state index in [9.17, 15) is 0 Å². The minimum absolute atomic E-state index is 0.305. The van der Waals surface area contributed by atoms with Crippen molar-refractivity contribution in [2.24, 2.45) is 0 Å². The average molecular weight is 329 g/mol. The van der Waals surface area contributed by atoms with Crippen LogP contribution in [-0.4, -0.2) is 71.2 Å². The molecular weight excluding hydrogens is 306 g/mol. The predicted octanol–water partition coefficient (Wildman–Crippen LogP) is 1.04. The number of likely N-dealkylation sites (N-methyl/N-ethyl adjacent to an activating group) is 1. The van der Waals surface area contributed by atoms with E-state index in [2.05, 4.69) is 40.3 Å². The number of hydrogen-bond donors (Lipinski definition) is 0. The summed E-state index contributed by atoms with van der Waals surface area (Å²) in [5.41, 5.74) is 1.18. The molecule has 0 saturated carbocycles. The Labute approximate surface area is 141 Å². The summed E-state index contributed by atoms with van der Waals surface area (Å²) < 4.78 is 13.5. The molecule has 0 N–H and O–H groups in total. The van der Waals surface area contributed by atoms with Crippen molar-refractivity contribution < 1.29 is 9.47 Å². The highest BCUT2D eigenvalue weighted by Gasteiger charge is 2.36. The van der Waals surface area contributed by atoms with Crippen molar-refractivity contribution in [3.8, 4) is 11.5 Å². The van der Waals surface area contributed by atoms with Crippen molar-refractivity contribution in [1.29, 1.82) is 0 Å². The zero-order valence-corrected chi connectivity index (χ0v) is 14.1. The number of para-hydroxylation sites is 1. The molecule has 1 fully saturated rings. The standard InChI is InChI=1S/C17H23N5O2/c1-20(2)14-11-21(12-15(14)22-7-6-18-19-22)10-13-4-3-5-16-17(13)24-9-8-23-16/h3-7,14-15H,8-12H2,1-2H3/t14-,15+/m1/s1. The molecule has 2 atom stereocenters. The second-order valence-corrected chi connectivity index (χ2v) is 6.62. The third-order valence-corrected chi connectivity index (χ3v) is 4.82. The Bertz CT molecular complexity index is 688. The molecule has 1 aromatic carbocycles. The van der Waals surface area contributed by atoms with Crippen LogP contribution in [0.15, 0.2) is 30.6 Å². The van der Waals surface area contributed by atoms with Crippen molar-refractivity contribution in [3.05, 3.63) is 36.2 Å². The summed E-state index contributed by atoms with van der Waals surface area (Å²) in [4.78, 5) is 4.72. The van der Waals surface area contributed by atoms with E-state index >= 15 is 0 Å². The van der Waals surface area contributed by atoms with Crippen molar-refractivity contribution >= 4 is 0 Å². The zero-order chi connectivity index (χ0) is 16.5. The van der Waals surface area contributed by atoms with Crippen LogP contribution in [0.1, 0.15) is 11.6 Å². The molecule has 128 valence electrons. The number of benzene rings is 1. The van der Waals surface area contributed by atoms with Crippen LogP contribution in [0, 0.1) is 0 Å². The summed E-state index contributed by atoms with van der Waals surface area (Å²) in [6.45, 7) is 4.02. The summed E-state index contributed by atoms with van der Waals surface area (Å²) in [5.74, 6) is 1.75. The van der Waals surface area contributed by atoms with E-state index in [1.807, 2.05) is 23.0 Å². The maximum Gasteiger partial charge on any atom is 0.165 e. The van der Waals surface area contributed by atoms with Crippen molar-refractivity contribution in [2.45, 2.75) is 18.6 Å². The lowest BCUT2D eigenvalue weighted by atomic mass is 10.1. The molecule has 24 heavy (non-hydrogen) atoms. The summed E-state index contributed by atoms with van der Waals surface area (Å²) in [6, 6.07) is 6.85. The van der Waals surface area contributed by atoms with Gasteiger partial charge in [-0.05, 0) is 20.2 Å². The van der Waals surface area contributed by atoms with Gasteiger partial charge in [-0.2, -0.15) is 0 Å². The first-order chi connectivity index (χ1) is 11.7. The topological polar surface area (TPSA) is 55.7 Å². The van der Waals surface area contributed by atoms with E-state index in [0.717, 1.165) is 31.1 Å². The molecule has 7 heteroatoms. The van der Waals surface area contributed by atoms with E-state index in [-0.39, 0.29) is 0 Å². The van der Waals surface area contributed by atoms with Crippen LogP contribution in [0.5, 0.6) is 11.5 Å². The monoisotopic (exact) mass is 329 g/mol. The minimum Gasteiger partial charge on any atom is -0.486 e. The number of fused-ring (bicyclic) bond motifs is 1. The number of hydrogen-bond acceptors (Lipinski definition) is 6. The van der Waals surface area contributed by atoms with Crippen LogP contribution < -0.4 is 9.47 Å². The first-order valence-electron chi connectivity index (χ1n) is 8.34. The van der Waals surface area contributed by atoms with Gasteiger partial charge in [0.15, 0.2) is 11.5 Å². The van der Waals surface area contributed by atoms with Gasteiger partial charge in [0.2, 0.25) is 0 Å². The maximum absolute atomic E-state index is 5.85. The van der Waals surface area contributed by atoms with Gasteiger partial charge in [-0.1, -0.05) is 17.3 Å². The molecule has 3 heterocycles. The lowest BCUT2D eigenvalue weighted by Gasteiger charge is -2.25. The van der Waals surface area contributed by atoms with Crippen LogP contribution in [-0.2, 0) is 6.54 Å². The highest BCUT2D eigenvalue weighted by Crippen LogP contribution is 2.35. The zero-order valence-electron chi connectivity index (χ0n) is 14.1. The van der Waals surface area contributed by atoms with Gasteiger partial charge in [0.05, 0.1) is 12.2 Å². The van der Waals surface area contributed by atoms with Crippen molar-refractivity contribution in [3.63, 3.8) is 0 Å². The van der Waals surface area contributed by atoms with Gasteiger partial charge in [0.1, 0.15) is 13.2 Å². The van der Waals surface area contributed by atoms with E-state index < -0.39 is 0 Å². The van der Waals surface area contributed by atoms with Crippen LogP contribution in [0.4, 0.5) is 0 Å². The molecule has 0 unspecified atom stereocenters. The minimum atomic E-state index is 0.305. The fraction of sp³-hybridized carbons (Fsp3) is 0.529. The molecule has 7 nitrogen and oxygen atoms in total. The molecule has 0 amide bonds. The van der Waals surface area contributed by atoms with E-state index in [1.165, 1.54) is 5.56 Å². The SMILES string of the molecule is CN(C)[C@@H]1CN(Cc2cccc3c2OCCO3)C[C@@H]1n1ccnn1. The Morgan fingerprint density at radius 3 is 2.88 bits per heavy atom. The molecule has 1 aromatic heterocycles. The summed E-state index contributed by atoms with van der Waals surface area (Å²) >= 11 is 0.